The lowest BCUT2D eigenvalue weighted by atomic mass is 10.1. The van der Waals surface area contributed by atoms with Gasteiger partial charge in [-0.3, -0.25) is 0 Å². The van der Waals surface area contributed by atoms with Crippen LogP contribution in [0.15, 0.2) is 42.5 Å². The van der Waals surface area contributed by atoms with E-state index in [1.54, 1.807) is 7.11 Å². The van der Waals surface area contributed by atoms with Crippen LogP contribution in [0, 0.1) is 12.3 Å². The van der Waals surface area contributed by atoms with E-state index in [0.717, 1.165) is 24.0 Å². The molecule has 0 aromatic heterocycles. The Morgan fingerprint density at radius 3 is 2.52 bits per heavy atom. The largest absolute Gasteiger partial charge is 0.493 e. The number of hydrogen-bond donors (Lipinski definition) is 2. The van der Waals surface area contributed by atoms with Crippen molar-refractivity contribution in [3.05, 3.63) is 59.2 Å². The molecule has 0 aliphatic heterocycles. The zero-order valence-corrected chi connectivity index (χ0v) is 16.5. The van der Waals surface area contributed by atoms with Gasteiger partial charge in [0.15, 0.2) is 11.5 Å². The molecule has 0 saturated heterocycles. The van der Waals surface area contributed by atoms with Crippen LogP contribution in [0.5, 0.6) is 11.5 Å². The number of aliphatic hydroxyl groups is 1. The maximum atomic E-state index is 10.4. The number of nitrogens with one attached hydrogen (secondary N) is 1. The van der Waals surface area contributed by atoms with Gasteiger partial charge in [0.1, 0.15) is 17.7 Å². The molecule has 2 rings (SSSR count). The number of terminal acetylenes is 1. The molecule has 0 spiro atoms. The number of rotatable bonds is 9. The van der Waals surface area contributed by atoms with E-state index in [4.69, 9.17) is 28.1 Å². The van der Waals surface area contributed by atoms with Crippen LogP contribution in [0.1, 0.15) is 29.7 Å². The molecule has 0 heterocycles. The summed E-state index contributed by atoms with van der Waals surface area (Å²) in [5.41, 5.74) is 3.09. The van der Waals surface area contributed by atoms with Crippen LogP contribution >= 0.6 is 12.2 Å². The van der Waals surface area contributed by atoms with E-state index in [9.17, 15) is 5.11 Å². The Morgan fingerprint density at radius 1 is 1.19 bits per heavy atom. The van der Waals surface area contributed by atoms with E-state index in [-0.39, 0.29) is 6.61 Å². The molecule has 0 aliphatic carbocycles. The maximum Gasteiger partial charge on any atom is 0.162 e. The van der Waals surface area contributed by atoms with E-state index in [2.05, 4.69) is 18.2 Å². The van der Waals surface area contributed by atoms with Crippen molar-refractivity contribution < 1.29 is 14.6 Å². The second-order valence-electron chi connectivity index (χ2n) is 6.02. The van der Waals surface area contributed by atoms with Crippen LogP contribution < -0.4 is 14.8 Å². The highest BCUT2D eigenvalue weighted by molar-refractivity contribution is 7.80. The Hall–Kier alpha value is -2.55. The summed E-state index contributed by atoms with van der Waals surface area (Å²) < 4.78 is 10.8. The molecule has 27 heavy (non-hydrogen) atoms. The lowest BCUT2D eigenvalue weighted by Gasteiger charge is -2.15. The molecule has 0 amide bonds. The zero-order chi connectivity index (χ0) is 19.6. The van der Waals surface area contributed by atoms with Gasteiger partial charge in [-0.15, -0.1) is 6.42 Å². The maximum absolute atomic E-state index is 10.4. The second kappa shape index (κ2) is 10.6. The average molecular weight is 384 g/mol. The normalized spacial score (nSPS) is 11.3. The molecule has 0 fully saturated rings. The van der Waals surface area contributed by atoms with Gasteiger partial charge in [-0.1, -0.05) is 55.4 Å². The standard InChI is InChI=1S/C22H25NO3S/c1-4-14-26-19-11-8-17(15-20(19)25-3)12-13-23-22(27)21(24)18-9-6-16(5-2)7-10-18/h1,6-11,15,21,24H,5,12-14H2,2-3H3,(H,23,27). The van der Waals surface area contributed by atoms with Crippen molar-refractivity contribution in [2.45, 2.75) is 25.9 Å². The Bertz CT molecular complexity index is 796. The molecule has 1 atom stereocenters. The van der Waals surface area contributed by atoms with Crippen LogP contribution in [-0.2, 0) is 12.8 Å². The van der Waals surface area contributed by atoms with Gasteiger partial charge in [0.05, 0.1) is 7.11 Å². The summed E-state index contributed by atoms with van der Waals surface area (Å²) in [4.78, 5) is 0.417. The molecule has 1 unspecified atom stereocenters. The summed E-state index contributed by atoms with van der Waals surface area (Å²) in [5.74, 6) is 3.69. The van der Waals surface area contributed by atoms with Crippen molar-refractivity contribution in [3.8, 4) is 23.8 Å². The summed E-state index contributed by atoms with van der Waals surface area (Å²) >= 11 is 5.33. The minimum Gasteiger partial charge on any atom is -0.493 e. The van der Waals surface area contributed by atoms with Crippen LogP contribution in [0.3, 0.4) is 0 Å². The first-order valence-electron chi connectivity index (χ1n) is 8.86. The smallest absolute Gasteiger partial charge is 0.162 e. The van der Waals surface area contributed by atoms with Crippen molar-refractivity contribution in [2.24, 2.45) is 0 Å². The number of aryl methyl sites for hydroxylation is 1. The molecule has 5 heteroatoms. The number of thiocarbonyl (C=S) groups is 1. The van der Waals surface area contributed by atoms with Gasteiger partial charge in [0.25, 0.3) is 0 Å². The van der Waals surface area contributed by atoms with E-state index in [1.165, 1.54) is 5.56 Å². The Morgan fingerprint density at radius 2 is 1.89 bits per heavy atom. The predicted octanol–water partition coefficient (Wildman–Crippen LogP) is 3.46. The molecule has 0 radical (unpaired) electrons. The highest BCUT2D eigenvalue weighted by Gasteiger charge is 2.13. The quantitative estimate of drug-likeness (QED) is 0.513. The molecule has 2 N–H and O–H groups in total. The first-order valence-corrected chi connectivity index (χ1v) is 9.27. The average Bonchev–Trinajstić information content (AvgIpc) is 2.72. The summed E-state index contributed by atoms with van der Waals surface area (Å²) in [6.07, 6.45) is 6.11. The number of ether oxygens (including phenoxy) is 2. The van der Waals surface area contributed by atoms with Gasteiger partial charge in [0.2, 0.25) is 0 Å². The second-order valence-corrected chi connectivity index (χ2v) is 6.46. The fourth-order valence-electron chi connectivity index (χ4n) is 2.62. The van der Waals surface area contributed by atoms with Crippen LogP contribution in [0.4, 0.5) is 0 Å². The summed E-state index contributed by atoms with van der Waals surface area (Å²) in [7, 11) is 1.59. The number of methoxy groups -OCH3 is 1. The highest BCUT2D eigenvalue weighted by Crippen LogP contribution is 2.28. The van der Waals surface area contributed by atoms with Crippen molar-refractivity contribution in [3.63, 3.8) is 0 Å². The van der Waals surface area contributed by atoms with Crippen LogP contribution in [-0.4, -0.2) is 30.4 Å². The fourth-order valence-corrected chi connectivity index (χ4v) is 2.86. The van der Waals surface area contributed by atoms with Gasteiger partial charge in [-0.25, -0.2) is 0 Å². The monoisotopic (exact) mass is 383 g/mol. The van der Waals surface area contributed by atoms with Gasteiger partial charge in [-0.2, -0.15) is 0 Å². The molecule has 2 aromatic carbocycles. The number of aliphatic hydroxyl groups excluding tert-OH is 1. The van der Waals surface area contributed by atoms with Gasteiger partial charge in [0, 0.05) is 6.54 Å². The van der Waals surface area contributed by atoms with Gasteiger partial charge >= 0.3 is 0 Å². The third-order valence-corrected chi connectivity index (χ3v) is 4.57. The summed E-state index contributed by atoms with van der Waals surface area (Å²) in [6.45, 7) is 2.90. The Kier molecular flexibility index (Phi) is 8.12. The van der Waals surface area contributed by atoms with Crippen LogP contribution in [0.2, 0.25) is 0 Å². The Labute approximate surface area is 166 Å². The number of benzene rings is 2. The van der Waals surface area contributed by atoms with Gasteiger partial charge < -0.3 is 19.9 Å². The van der Waals surface area contributed by atoms with E-state index in [1.807, 2.05) is 42.5 Å². The molecule has 0 aliphatic rings. The van der Waals surface area contributed by atoms with E-state index < -0.39 is 6.10 Å². The predicted molar refractivity (Wildman–Crippen MR) is 112 cm³/mol. The summed E-state index contributed by atoms with van der Waals surface area (Å²) in [6, 6.07) is 13.6. The van der Waals surface area contributed by atoms with Crippen molar-refractivity contribution in [1.82, 2.24) is 5.32 Å². The summed E-state index contributed by atoms with van der Waals surface area (Å²) in [5, 5.41) is 13.5. The minimum absolute atomic E-state index is 0.197. The molecule has 0 saturated carbocycles. The topological polar surface area (TPSA) is 50.7 Å². The van der Waals surface area contributed by atoms with Crippen molar-refractivity contribution in [2.75, 3.05) is 20.3 Å². The van der Waals surface area contributed by atoms with E-state index in [0.29, 0.717) is 23.0 Å². The SMILES string of the molecule is C#CCOc1ccc(CCNC(=S)C(O)c2ccc(CC)cc2)cc1OC. The lowest BCUT2D eigenvalue weighted by molar-refractivity contribution is 0.246. The van der Waals surface area contributed by atoms with Crippen molar-refractivity contribution in [1.29, 1.82) is 0 Å². The molecule has 0 bridgehead atoms. The minimum atomic E-state index is -0.806. The van der Waals surface area contributed by atoms with Crippen LogP contribution in [0.25, 0.3) is 0 Å². The number of hydrogen-bond acceptors (Lipinski definition) is 4. The molecular weight excluding hydrogens is 358 g/mol. The molecule has 142 valence electrons. The Balaban J connectivity index is 1.89. The van der Waals surface area contributed by atoms with Crippen molar-refractivity contribution >= 4 is 17.2 Å². The third kappa shape index (κ3) is 5.99. The lowest BCUT2D eigenvalue weighted by Crippen LogP contribution is -2.29. The molecule has 2 aromatic rings. The zero-order valence-electron chi connectivity index (χ0n) is 15.7. The molecular formula is C22H25NO3S. The van der Waals surface area contributed by atoms with E-state index >= 15 is 0 Å². The fraction of sp³-hybridized carbons (Fsp3) is 0.318. The van der Waals surface area contributed by atoms with Gasteiger partial charge in [-0.05, 0) is 41.7 Å². The third-order valence-electron chi connectivity index (χ3n) is 4.20. The highest BCUT2D eigenvalue weighted by atomic mass is 32.1. The molecule has 4 nitrogen and oxygen atoms in total. The first kappa shape index (κ1) is 20.8. The first-order chi connectivity index (χ1) is 13.1.